The summed E-state index contributed by atoms with van der Waals surface area (Å²) in [5.41, 5.74) is 5.04. The molecule has 0 radical (unpaired) electrons. The van der Waals surface area contributed by atoms with Gasteiger partial charge in [-0.25, -0.2) is 19.7 Å². The van der Waals surface area contributed by atoms with E-state index < -0.39 is 12.0 Å². The van der Waals surface area contributed by atoms with E-state index in [9.17, 15) is 9.90 Å². The van der Waals surface area contributed by atoms with E-state index in [-0.39, 0.29) is 0 Å². The standard InChI is InChI=1S/C34H41N7O3/c1-25-12-15-29(22-37-25)44-21-20-41(18-6-5-11-28-14-13-27-10-7-17-36-32(27)39-28)19-16-31(34(42)43)40-33-30(23-35-24-38-33)26-8-3-2-4-9-26/h2-4,8-9,12-15,22-24,31H,5-7,10-11,16-21H2,1H3,(H,36,39)(H,42,43)(H,35,38,40)/t31-/m0/s1. The highest BCUT2D eigenvalue weighted by atomic mass is 16.5. The predicted octanol–water partition coefficient (Wildman–Crippen LogP) is 5.26. The number of carbonyl (C=O) groups is 1. The van der Waals surface area contributed by atoms with Crippen molar-refractivity contribution in [3.63, 3.8) is 0 Å². The minimum atomic E-state index is -0.920. The molecule has 0 unspecified atom stereocenters. The second-order valence-electron chi connectivity index (χ2n) is 11.1. The fraction of sp³-hybridized carbons (Fsp3) is 0.382. The molecular weight excluding hydrogens is 554 g/mol. The third-order valence-corrected chi connectivity index (χ3v) is 7.81. The highest BCUT2D eigenvalue weighted by Crippen LogP contribution is 2.26. The van der Waals surface area contributed by atoms with Crippen molar-refractivity contribution in [3.8, 4) is 16.9 Å². The molecule has 0 saturated carbocycles. The molecule has 1 aliphatic rings. The summed E-state index contributed by atoms with van der Waals surface area (Å²) in [6, 6.07) is 17.1. The number of anilines is 2. The SMILES string of the molecule is Cc1ccc(OCCN(CCCCc2ccc3c(n2)NCCC3)CC[C@H](Nc2ncncc2-c2ccccc2)C(=O)O)cn1. The Labute approximate surface area is 259 Å². The zero-order valence-electron chi connectivity index (χ0n) is 25.3. The Morgan fingerprint density at radius 2 is 1.93 bits per heavy atom. The Balaban J connectivity index is 1.19. The van der Waals surface area contributed by atoms with Crippen LogP contribution >= 0.6 is 0 Å². The monoisotopic (exact) mass is 595 g/mol. The maximum absolute atomic E-state index is 12.3. The Kier molecular flexibility index (Phi) is 11.1. The largest absolute Gasteiger partial charge is 0.491 e. The van der Waals surface area contributed by atoms with Crippen LogP contribution < -0.4 is 15.4 Å². The third kappa shape index (κ3) is 8.97. The number of nitrogens with zero attached hydrogens (tertiary/aromatic N) is 5. The number of carboxylic acid groups (broad SMARTS) is 1. The van der Waals surface area contributed by atoms with Crippen molar-refractivity contribution in [1.29, 1.82) is 0 Å². The summed E-state index contributed by atoms with van der Waals surface area (Å²) in [6.45, 7) is 5.50. The van der Waals surface area contributed by atoms with Gasteiger partial charge in [-0.15, -0.1) is 0 Å². The molecule has 1 aliphatic heterocycles. The summed E-state index contributed by atoms with van der Waals surface area (Å²) in [5, 5.41) is 16.7. The van der Waals surface area contributed by atoms with Crippen LogP contribution in [0.4, 0.5) is 11.6 Å². The first kappa shape index (κ1) is 30.9. The molecule has 3 N–H and O–H groups in total. The molecule has 0 spiro atoms. The van der Waals surface area contributed by atoms with Crippen LogP contribution in [0.3, 0.4) is 0 Å². The Morgan fingerprint density at radius 3 is 2.75 bits per heavy atom. The lowest BCUT2D eigenvalue weighted by Gasteiger charge is -2.25. The van der Waals surface area contributed by atoms with E-state index in [0.29, 0.717) is 31.9 Å². The van der Waals surface area contributed by atoms with Crippen LogP contribution in [0.5, 0.6) is 5.75 Å². The van der Waals surface area contributed by atoms with Gasteiger partial charge in [-0.1, -0.05) is 36.4 Å². The maximum Gasteiger partial charge on any atom is 0.326 e. The van der Waals surface area contributed by atoms with Crippen LogP contribution in [0.2, 0.25) is 0 Å². The number of hydrogen-bond acceptors (Lipinski definition) is 9. The van der Waals surface area contributed by atoms with Gasteiger partial charge in [0, 0.05) is 42.8 Å². The second kappa shape index (κ2) is 15.8. The van der Waals surface area contributed by atoms with Gasteiger partial charge in [-0.2, -0.15) is 0 Å². The lowest BCUT2D eigenvalue weighted by molar-refractivity contribution is -0.138. The van der Waals surface area contributed by atoms with Gasteiger partial charge < -0.3 is 20.5 Å². The average molecular weight is 596 g/mol. The molecule has 10 heteroatoms. The number of carboxylic acids is 1. The number of pyridine rings is 2. The maximum atomic E-state index is 12.3. The number of aliphatic carboxylic acids is 1. The highest BCUT2D eigenvalue weighted by molar-refractivity contribution is 5.81. The normalized spacial score (nSPS) is 13.1. The van der Waals surface area contributed by atoms with Crippen LogP contribution in [-0.2, 0) is 17.6 Å². The molecule has 0 saturated heterocycles. The smallest absolute Gasteiger partial charge is 0.326 e. The van der Waals surface area contributed by atoms with E-state index in [1.165, 1.54) is 11.9 Å². The topological polar surface area (TPSA) is 125 Å². The molecule has 4 heterocycles. The Morgan fingerprint density at radius 1 is 1.05 bits per heavy atom. The third-order valence-electron chi connectivity index (χ3n) is 7.81. The average Bonchev–Trinajstić information content (AvgIpc) is 3.06. The minimum Gasteiger partial charge on any atom is -0.491 e. The van der Waals surface area contributed by atoms with Gasteiger partial charge in [-0.3, -0.25) is 9.88 Å². The summed E-state index contributed by atoms with van der Waals surface area (Å²) in [4.78, 5) is 32.3. The van der Waals surface area contributed by atoms with Crippen molar-refractivity contribution in [1.82, 2.24) is 24.8 Å². The lowest BCUT2D eigenvalue weighted by atomic mass is 10.1. The van der Waals surface area contributed by atoms with Crippen molar-refractivity contribution in [2.24, 2.45) is 0 Å². The van der Waals surface area contributed by atoms with Crippen LogP contribution in [0.15, 0.2) is 73.3 Å². The molecule has 10 nitrogen and oxygen atoms in total. The van der Waals surface area contributed by atoms with E-state index in [1.54, 1.807) is 12.4 Å². The molecule has 1 atom stereocenters. The number of rotatable bonds is 16. The number of fused-ring (bicyclic) bond motifs is 1. The van der Waals surface area contributed by atoms with Crippen LogP contribution in [0.25, 0.3) is 11.1 Å². The number of hydrogen-bond donors (Lipinski definition) is 3. The number of aryl methyl sites for hydroxylation is 3. The van der Waals surface area contributed by atoms with Gasteiger partial charge in [0.2, 0.25) is 0 Å². The predicted molar refractivity (Wildman–Crippen MR) is 172 cm³/mol. The molecule has 0 aliphatic carbocycles. The van der Waals surface area contributed by atoms with Gasteiger partial charge in [0.25, 0.3) is 0 Å². The van der Waals surface area contributed by atoms with Crippen molar-refractivity contribution in [2.45, 2.75) is 51.5 Å². The Hall–Kier alpha value is -4.57. The molecule has 0 amide bonds. The van der Waals surface area contributed by atoms with Gasteiger partial charge in [0.1, 0.15) is 36.4 Å². The van der Waals surface area contributed by atoms with Gasteiger partial charge in [0.15, 0.2) is 0 Å². The lowest BCUT2D eigenvalue weighted by Crippen LogP contribution is -2.37. The Bertz CT molecular complexity index is 1480. The number of nitrogens with one attached hydrogen (secondary N) is 2. The van der Waals surface area contributed by atoms with Crippen molar-refractivity contribution in [2.75, 3.05) is 43.4 Å². The van der Waals surface area contributed by atoms with Gasteiger partial charge in [-0.05, 0) is 81.3 Å². The van der Waals surface area contributed by atoms with E-state index in [0.717, 1.165) is 79.3 Å². The number of ether oxygens (including phenoxy) is 1. The van der Waals surface area contributed by atoms with Crippen LogP contribution in [-0.4, -0.2) is 74.7 Å². The minimum absolute atomic E-state index is 0.400. The molecule has 230 valence electrons. The number of aromatic nitrogens is 4. The fourth-order valence-corrected chi connectivity index (χ4v) is 5.32. The molecule has 0 bridgehead atoms. The molecule has 4 aromatic rings. The molecule has 0 fully saturated rings. The van der Waals surface area contributed by atoms with E-state index in [2.05, 4.69) is 42.6 Å². The fourth-order valence-electron chi connectivity index (χ4n) is 5.32. The quantitative estimate of drug-likeness (QED) is 0.148. The summed E-state index contributed by atoms with van der Waals surface area (Å²) < 4.78 is 5.96. The summed E-state index contributed by atoms with van der Waals surface area (Å²) in [7, 11) is 0. The first-order valence-electron chi connectivity index (χ1n) is 15.4. The second-order valence-corrected chi connectivity index (χ2v) is 11.1. The van der Waals surface area contributed by atoms with E-state index >= 15 is 0 Å². The molecular formula is C34H41N7O3. The van der Waals surface area contributed by atoms with Crippen molar-refractivity contribution >= 4 is 17.6 Å². The van der Waals surface area contributed by atoms with Crippen molar-refractivity contribution < 1.29 is 14.6 Å². The zero-order valence-corrected chi connectivity index (χ0v) is 25.3. The molecule has 44 heavy (non-hydrogen) atoms. The van der Waals surface area contributed by atoms with Crippen LogP contribution in [0.1, 0.15) is 42.6 Å². The van der Waals surface area contributed by atoms with Gasteiger partial charge >= 0.3 is 5.97 Å². The van der Waals surface area contributed by atoms with Crippen molar-refractivity contribution in [3.05, 3.63) is 90.3 Å². The summed E-state index contributed by atoms with van der Waals surface area (Å²) in [6.07, 6.45) is 10.4. The first-order chi connectivity index (χ1) is 21.5. The molecule has 1 aromatic carbocycles. The highest BCUT2D eigenvalue weighted by Gasteiger charge is 2.21. The van der Waals surface area contributed by atoms with Crippen LogP contribution in [0, 0.1) is 6.92 Å². The first-order valence-corrected chi connectivity index (χ1v) is 15.4. The van der Waals surface area contributed by atoms with Gasteiger partial charge in [0.05, 0.1) is 6.20 Å². The number of benzene rings is 1. The molecule has 3 aromatic heterocycles. The molecule has 5 rings (SSSR count). The van der Waals surface area contributed by atoms with E-state index in [4.69, 9.17) is 9.72 Å². The number of unbranched alkanes of at least 4 members (excludes halogenated alkanes) is 1. The van der Waals surface area contributed by atoms with E-state index in [1.807, 2.05) is 49.4 Å². The summed E-state index contributed by atoms with van der Waals surface area (Å²) in [5.74, 6) is 1.35. The zero-order chi connectivity index (χ0) is 30.6. The summed E-state index contributed by atoms with van der Waals surface area (Å²) >= 11 is 0.